The van der Waals surface area contributed by atoms with E-state index >= 15 is 0 Å². The number of Topliss-reactive ketones (excluding diaryl/α,β-unsaturated/α-hetero) is 1. The normalized spacial score (nSPS) is 15.9. The van der Waals surface area contributed by atoms with Crippen LogP contribution in [0, 0.1) is 5.82 Å². The summed E-state index contributed by atoms with van der Waals surface area (Å²) in [5, 5.41) is 6.54. The van der Waals surface area contributed by atoms with Gasteiger partial charge in [0, 0.05) is 11.6 Å². The zero-order valence-corrected chi connectivity index (χ0v) is 12.2. The van der Waals surface area contributed by atoms with Gasteiger partial charge >= 0.3 is 5.69 Å². The van der Waals surface area contributed by atoms with Crippen molar-refractivity contribution >= 4 is 17.5 Å². The molecule has 1 heterocycles. The van der Waals surface area contributed by atoms with Crippen molar-refractivity contribution in [2.45, 2.75) is 36.2 Å². The van der Waals surface area contributed by atoms with Crippen molar-refractivity contribution in [1.29, 1.82) is 0 Å². The van der Waals surface area contributed by atoms with Crippen molar-refractivity contribution in [3.63, 3.8) is 0 Å². The van der Waals surface area contributed by atoms with Gasteiger partial charge in [0.05, 0.1) is 5.25 Å². The lowest BCUT2D eigenvalue weighted by molar-refractivity contribution is 0.0994. The van der Waals surface area contributed by atoms with Gasteiger partial charge in [0.15, 0.2) is 10.9 Å². The molecule has 0 aliphatic heterocycles. The highest BCUT2D eigenvalue weighted by molar-refractivity contribution is 8.00. The van der Waals surface area contributed by atoms with E-state index in [-0.39, 0.29) is 23.3 Å². The van der Waals surface area contributed by atoms with Crippen molar-refractivity contribution < 1.29 is 9.18 Å². The third-order valence-corrected chi connectivity index (χ3v) is 4.43. The first-order valence-electron chi connectivity index (χ1n) is 6.69. The van der Waals surface area contributed by atoms with E-state index in [1.807, 2.05) is 0 Å². The first kappa shape index (κ1) is 14.1. The van der Waals surface area contributed by atoms with E-state index < -0.39 is 5.25 Å². The summed E-state index contributed by atoms with van der Waals surface area (Å²) in [4.78, 5) is 24.0. The molecule has 5 nitrogen and oxygen atoms in total. The number of carbonyl (C=O) groups is 1. The first-order valence-corrected chi connectivity index (χ1v) is 7.57. The molecule has 3 rings (SSSR count). The molecule has 0 spiro atoms. The number of ketones is 1. The molecule has 1 N–H and O–H groups in total. The number of hydrogen-bond donors (Lipinski definition) is 1. The Morgan fingerprint density at radius 3 is 2.71 bits per heavy atom. The van der Waals surface area contributed by atoms with Crippen LogP contribution in [0.2, 0.25) is 0 Å². The van der Waals surface area contributed by atoms with Crippen LogP contribution >= 0.6 is 11.8 Å². The van der Waals surface area contributed by atoms with Crippen molar-refractivity contribution in [3.8, 4) is 0 Å². The Hall–Kier alpha value is -1.89. The lowest BCUT2D eigenvalue weighted by atomic mass is 10.1. The fraction of sp³-hybridized carbons (Fsp3) is 0.357. The number of aromatic amines is 1. The monoisotopic (exact) mass is 307 g/mol. The Morgan fingerprint density at radius 2 is 2.10 bits per heavy atom. The minimum Gasteiger partial charge on any atom is -0.293 e. The molecule has 1 aliphatic carbocycles. The van der Waals surface area contributed by atoms with Crippen LogP contribution in [0.1, 0.15) is 36.2 Å². The van der Waals surface area contributed by atoms with Crippen LogP contribution in [0.25, 0.3) is 0 Å². The highest BCUT2D eigenvalue weighted by atomic mass is 32.2. The van der Waals surface area contributed by atoms with E-state index in [9.17, 15) is 14.0 Å². The molecule has 2 aromatic rings. The quantitative estimate of drug-likeness (QED) is 0.680. The number of rotatable bonds is 5. The number of hydrogen-bond acceptors (Lipinski definition) is 4. The van der Waals surface area contributed by atoms with Gasteiger partial charge in [0.25, 0.3) is 0 Å². The molecule has 1 saturated carbocycles. The van der Waals surface area contributed by atoms with Crippen LogP contribution in [0.4, 0.5) is 4.39 Å². The molecule has 1 atom stereocenters. The summed E-state index contributed by atoms with van der Waals surface area (Å²) in [6, 6.07) is 5.66. The number of carbonyl (C=O) groups excluding carboxylic acids is 1. The minimum atomic E-state index is -0.400. The van der Waals surface area contributed by atoms with Gasteiger partial charge in [-0.15, -0.1) is 5.10 Å². The average Bonchev–Trinajstić information content (AvgIpc) is 3.24. The fourth-order valence-electron chi connectivity index (χ4n) is 2.09. The van der Waals surface area contributed by atoms with Crippen molar-refractivity contribution in [3.05, 3.63) is 46.1 Å². The zero-order chi connectivity index (χ0) is 15.0. The lowest BCUT2D eigenvalue weighted by Crippen LogP contribution is -2.18. The van der Waals surface area contributed by atoms with Gasteiger partial charge in [0.1, 0.15) is 5.82 Å². The van der Waals surface area contributed by atoms with Gasteiger partial charge in [-0.1, -0.05) is 11.8 Å². The van der Waals surface area contributed by atoms with Crippen LogP contribution in [0.5, 0.6) is 0 Å². The molecule has 0 saturated heterocycles. The predicted octanol–water partition coefficient (Wildman–Crippen LogP) is 2.41. The van der Waals surface area contributed by atoms with Crippen molar-refractivity contribution in [2.75, 3.05) is 0 Å². The number of H-pyrrole nitrogens is 1. The number of benzene rings is 1. The highest BCUT2D eigenvalue weighted by Gasteiger charge is 2.30. The lowest BCUT2D eigenvalue weighted by Gasteiger charge is -2.10. The largest absolute Gasteiger partial charge is 0.344 e. The molecule has 21 heavy (non-hydrogen) atoms. The molecule has 7 heteroatoms. The predicted molar refractivity (Wildman–Crippen MR) is 77.2 cm³/mol. The van der Waals surface area contributed by atoms with E-state index in [1.165, 1.54) is 36.0 Å². The average molecular weight is 307 g/mol. The van der Waals surface area contributed by atoms with Gasteiger partial charge in [-0.05, 0) is 44.0 Å². The Balaban J connectivity index is 1.77. The molecular formula is C14H14FN3O2S. The first-order chi connectivity index (χ1) is 10.1. The van der Waals surface area contributed by atoms with Crippen LogP contribution in [-0.4, -0.2) is 25.8 Å². The summed E-state index contributed by atoms with van der Waals surface area (Å²) in [5.41, 5.74) is 0.216. The van der Waals surface area contributed by atoms with E-state index in [2.05, 4.69) is 10.2 Å². The van der Waals surface area contributed by atoms with E-state index in [1.54, 1.807) is 11.5 Å². The summed E-state index contributed by atoms with van der Waals surface area (Å²) < 4.78 is 14.5. The number of nitrogens with zero attached hydrogens (tertiary/aromatic N) is 2. The van der Waals surface area contributed by atoms with E-state index in [0.717, 1.165) is 12.8 Å². The number of halogens is 1. The number of nitrogens with one attached hydrogen (secondary N) is 1. The van der Waals surface area contributed by atoms with E-state index in [0.29, 0.717) is 10.7 Å². The Morgan fingerprint density at radius 1 is 1.43 bits per heavy atom. The maximum atomic E-state index is 12.9. The zero-order valence-electron chi connectivity index (χ0n) is 11.4. The van der Waals surface area contributed by atoms with Crippen LogP contribution in [0.15, 0.2) is 34.2 Å². The van der Waals surface area contributed by atoms with Gasteiger partial charge in [-0.3, -0.25) is 9.36 Å². The summed E-state index contributed by atoms with van der Waals surface area (Å²) in [6.45, 7) is 1.76. The number of aromatic nitrogens is 3. The minimum absolute atomic E-state index is 0.113. The molecule has 1 aliphatic rings. The highest BCUT2D eigenvalue weighted by Crippen LogP contribution is 2.37. The summed E-state index contributed by atoms with van der Waals surface area (Å²) in [5.74, 6) is -0.487. The maximum Gasteiger partial charge on any atom is 0.344 e. The topological polar surface area (TPSA) is 67.8 Å². The molecule has 0 bridgehead atoms. The SMILES string of the molecule is C[C@@H](Sc1n[nH]c(=O)n1C1CC1)C(=O)c1ccc(F)cc1. The molecule has 1 aromatic heterocycles. The Kier molecular flexibility index (Phi) is 3.67. The van der Waals surface area contributed by atoms with Crippen LogP contribution in [-0.2, 0) is 0 Å². The van der Waals surface area contributed by atoms with Gasteiger partial charge < -0.3 is 0 Å². The molecule has 1 fully saturated rings. The van der Waals surface area contributed by atoms with Crippen LogP contribution < -0.4 is 5.69 Å². The molecule has 1 aromatic carbocycles. The van der Waals surface area contributed by atoms with E-state index in [4.69, 9.17) is 0 Å². The fourth-order valence-corrected chi connectivity index (χ4v) is 3.09. The Labute approximate surface area is 124 Å². The Bertz CT molecular complexity index is 719. The number of thioether (sulfide) groups is 1. The standard InChI is InChI=1S/C14H14FN3O2S/c1-8(12(19)9-2-4-10(15)5-3-9)21-14-17-16-13(20)18(14)11-6-7-11/h2-5,8,11H,6-7H2,1H3,(H,16,20)/t8-/m1/s1. The second kappa shape index (κ2) is 5.48. The molecule has 0 unspecified atom stereocenters. The second-order valence-electron chi connectivity index (χ2n) is 5.04. The maximum absolute atomic E-state index is 12.9. The molecular weight excluding hydrogens is 293 g/mol. The van der Waals surface area contributed by atoms with Crippen molar-refractivity contribution in [1.82, 2.24) is 14.8 Å². The molecule has 0 amide bonds. The van der Waals surface area contributed by atoms with Gasteiger partial charge in [0.2, 0.25) is 0 Å². The molecule has 0 radical (unpaired) electrons. The third-order valence-electron chi connectivity index (χ3n) is 3.36. The molecule has 110 valence electrons. The van der Waals surface area contributed by atoms with Gasteiger partial charge in [-0.25, -0.2) is 14.3 Å². The van der Waals surface area contributed by atoms with Crippen LogP contribution in [0.3, 0.4) is 0 Å². The summed E-state index contributed by atoms with van der Waals surface area (Å²) >= 11 is 1.24. The van der Waals surface area contributed by atoms with Gasteiger partial charge in [-0.2, -0.15) is 0 Å². The summed E-state index contributed by atoms with van der Waals surface area (Å²) in [6.07, 6.45) is 1.93. The van der Waals surface area contributed by atoms with Crippen molar-refractivity contribution in [2.24, 2.45) is 0 Å². The summed E-state index contributed by atoms with van der Waals surface area (Å²) in [7, 11) is 0. The smallest absolute Gasteiger partial charge is 0.293 e. The third kappa shape index (κ3) is 2.92. The second-order valence-corrected chi connectivity index (χ2v) is 6.35.